The number of hydrogen-bond acceptors (Lipinski definition) is 3. The first kappa shape index (κ1) is 17.2. The van der Waals surface area contributed by atoms with E-state index in [4.69, 9.17) is 10.1 Å². The molecule has 3 aromatic rings. The molecule has 0 aliphatic rings. The molecule has 0 saturated carbocycles. The highest BCUT2D eigenvalue weighted by Gasteiger charge is 2.13. The average Bonchev–Trinajstić information content (AvgIpc) is 2.97. The SMILES string of the molecule is CC(=O)N[C@H](C)c1ccc(-n2c(CCCO)nc3ccccc32)cc1. The lowest BCUT2D eigenvalue weighted by Gasteiger charge is -2.14. The van der Waals surface area contributed by atoms with E-state index in [1.54, 1.807) is 0 Å². The topological polar surface area (TPSA) is 67.2 Å². The average molecular weight is 337 g/mol. The second-order valence-corrected chi connectivity index (χ2v) is 6.19. The molecule has 3 rings (SSSR count). The Morgan fingerprint density at radius 2 is 1.92 bits per heavy atom. The molecule has 0 unspecified atom stereocenters. The summed E-state index contributed by atoms with van der Waals surface area (Å²) in [7, 11) is 0. The summed E-state index contributed by atoms with van der Waals surface area (Å²) in [6, 6.07) is 16.2. The van der Waals surface area contributed by atoms with Gasteiger partial charge in [0.05, 0.1) is 17.1 Å². The fraction of sp³-hybridized carbons (Fsp3) is 0.300. The summed E-state index contributed by atoms with van der Waals surface area (Å²) in [5.41, 5.74) is 4.09. The van der Waals surface area contributed by atoms with Crippen LogP contribution in [0.15, 0.2) is 48.5 Å². The molecule has 0 aliphatic carbocycles. The van der Waals surface area contributed by atoms with E-state index in [1.165, 1.54) is 6.92 Å². The van der Waals surface area contributed by atoms with Crippen molar-refractivity contribution in [2.45, 2.75) is 32.7 Å². The Morgan fingerprint density at radius 3 is 2.60 bits per heavy atom. The molecule has 0 radical (unpaired) electrons. The highest BCUT2D eigenvalue weighted by Crippen LogP contribution is 2.24. The van der Waals surface area contributed by atoms with E-state index in [1.807, 2.05) is 49.4 Å². The van der Waals surface area contributed by atoms with Crippen LogP contribution in [0.25, 0.3) is 16.7 Å². The number of nitrogens with zero attached hydrogens (tertiary/aromatic N) is 2. The maximum absolute atomic E-state index is 11.2. The number of aryl methyl sites for hydroxylation is 1. The summed E-state index contributed by atoms with van der Waals surface area (Å²) >= 11 is 0. The highest BCUT2D eigenvalue weighted by molar-refractivity contribution is 5.78. The highest BCUT2D eigenvalue weighted by atomic mass is 16.2. The number of amides is 1. The van der Waals surface area contributed by atoms with Gasteiger partial charge in [0.1, 0.15) is 5.82 Å². The Bertz CT molecular complexity index is 868. The monoisotopic (exact) mass is 337 g/mol. The van der Waals surface area contributed by atoms with Crippen molar-refractivity contribution in [3.63, 3.8) is 0 Å². The van der Waals surface area contributed by atoms with Crippen LogP contribution >= 0.6 is 0 Å². The van der Waals surface area contributed by atoms with Crippen molar-refractivity contribution >= 4 is 16.9 Å². The second kappa shape index (κ2) is 7.49. The van der Waals surface area contributed by atoms with E-state index in [0.29, 0.717) is 6.42 Å². The van der Waals surface area contributed by atoms with Gasteiger partial charge in [0.25, 0.3) is 0 Å². The molecule has 0 aliphatic heterocycles. The number of aliphatic hydroxyl groups is 1. The van der Waals surface area contributed by atoms with Crippen LogP contribution in [0.1, 0.15) is 37.7 Å². The Kier molecular flexibility index (Phi) is 5.14. The van der Waals surface area contributed by atoms with E-state index in [0.717, 1.165) is 34.5 Å². The minimum Gasteiger partial charge on any atom is -0.396 e. The molecule has 2 N–H and O–H groups in total. The van der Waals surface area contributed by atoms with Gasteiger partial charge >= 0.3 is 0 Å². The molecular formula is C20H23N3O2. The van der Waals surface area contributed by atoms with Crippen molar-refractivity contribution in [1.29, 1.82) is 0 Å². The standard InChI is InChI=1S/C20H23N3O2/c1-14(21-15(2)25)16-9-11-17(12-10-16)23-19-7-4-3-6-18(19)22-20(23)8-5-13-24/h3-4,6-7,9-12,14,24H,5,8,13H2,1-2H3,(H,21,25)/t14-/m1/s1. The van der Waals surface area contributed by atoms with Gasteiger partial charge in [-0.15, -0.1) is 0 Å². The molecule has 0 saturated heterocycles. The van der Waals surface area contributed by atoms with Crippen LogP contribution in [0.2, 0.25) is 0 Å². The maximum atomic E-state index is 11.2. The molecule has 1 atom stereocenters. The van der Waals surface area contributed by atoms with Crippen molar-refractivity contribution in [2.75, 3.05) is 6.61 Å². The number of carbonyl (C=O) groups excluding carboxylic acids is 1. The Labute approximate surface area is 147 Å². The summed E-state index contributed by atoms with van der Waals surface area (Å²) < 4.78 is 2.14. The molecule has 0 spiro atoms. The predicted octanol–water partition coefficient (Wildman–Crippen LogP) is 3.15. The first-order chi connectivity index (χ1) is 12.1. The van der Waals surface area contributed by atoms with Gasteiger partial charge in [-0.1, -0.05) is 24.3 Å². The maximum Gasteiger partial charge on any atom is 0.217 e. The molecule has 0 fully saturated rings. The van der Waals surface area contributed by atoms with E-state index >= 15 is 0 Å². The zero-order valence-electron chi connectivity index (χ0n) is 14.6. The number of imidazole rings is 1. The molecule has 1 aromatic heterocycles. The molecule has 5 nitrogen and oxygen atoms in total. The number of rotatable bonds is 6. The summed E-state index contributed by atoms with van der Waals surface area (Å²) in [6.07, 6.45) is 1.40. The molecule has 2 aromatic carbocycles. The summed E-state index contributed by atoms with van der Waals surface area (Å²) in [5, 5.41) is 12.1. The molecular weight excluding hydrogens is 314 g/mol. The van der Waals surface area contributed by atoms with Gasteiger partial charge in [-0.2, -0.15) is 0 Å². The van der Waals surface area contributed by atoms with Crippen molar-refractivity contribution in [2.24, 2.45) is 0 Å². The first-order valence-electron chi connectivity index (χ1n) is 8.55. The van der Waals surface area contributed by atoms with Crippen molar-refractivity contribution < 1.29 is 9.90 Å². The zero-order chi connectivity index (χ0) is 17.8. The number of aliphatic hydroxyl groups excluding tert-OH is 1. The number of hydrogen-bond donors (Lipinski definition) is 2. The Morgan fingerprint density at radius 1 is 1.20 bits per heavy atom. The van der Waals surface area contributed by atoms with E-state index in [9.17, 15) is 4.79 Å². The van der Waals surface area contributed by atoms with E-state index in [-0.39, 0.29) is 18.6 Å². The predicted molar refractivity (Wildman–Crippen MR) is 98.7 cm³/mol. The van der Waals surface area contributed by atoms with Crippen molar-refractivity contribution in [1.82, 2.24) is 14.9 Å². The van der Waals surface area contributed by atoms with Gasteiger partial charge in [0, 0.05) is 25.6 Å². The Balaban J connectivity index is 1.99. The number of carbonyl (C=O) groups is 1. The second-order valence-electron chi connectivity index (χ2n) is 6.19. The van der Waals surface area contributed by atoms with Crippen LogP contribution in [0.4, 0.5) is 0 Å². The quantitative estimate of drug-likeness (QED) is 0.726. The van der Waals surface area contributed by atoms with Crippen LogP contribution in [0, 0.1) is 0 Å². The summed E-state index contributed by atoms with van der Waals surface area (Å²) in [6.45, 7) is 3.64. The van der Waals surface area contributed by atoms with Crippen LogP contribution < -0.4 is 5.32 Å². The van der Waals surface area contributed by atoms with Gasteiger partial charge in [-0.05, 0) is 43.2 Å². The summed E-state index contributed by atoms with van der Waals surface area (Å²) in [4.78, 5) is 15.9. The van der Waals surface area contributed by atoms with Gasteiger partial charge in [0.2, 0.25) is 5.91 Å². The van der Waals surface area contributed by atoms with Crippen LogP contribution in [-0.4, -0.2) is 27.2 Å². The largest absolute Gasteiger partial charge is 0.396 e. The normalized spacial score (nSPS) is 12.3. The zero-order valence-corrected chi connectivity index (χ0v) is 14.6. The van der Waals surface area contributed by atoms with Crippen LogP contribution in [-0.2, 0) is 11.2 Å². The van der Waals surface area contributed by atoms with Crippen molar-refractivity contribution in [3.05, 3.63) is 59.9 Å². The third-order valence-electron chi connectivity index (χ3n) is 4.26. The lowest BCUT2D eigenvalue weighted by molar-refractivity contribution is -0.119. The minimum absolute atomic E-state index is 0.0278. The van der Waals surface area contributed by atoms with Gasteiger partial charge in [-0.25, -0.2) is 4.98 Å². The molecule has 1 amide bonds. The van der Waals surface area contributed by atoms with Crippen molar-refractivity contribution in [3.8, 4) is 5.69 Å². The molecule has 130 valence electrons. The van der Waals surface area contributed by atoms with E-state index < -0.39 is 0 Å². The number of nitrogens with one attached hydrogen (secondary N) is 1. The van der Waals surface area contributed by atoms with Gasteiger partial charge in [0.15, 0.2) is 0 Å². The fourth-order valence-electron chi connectivity index (χ4n) is 3.07. The van der Waals surface area contributed by atoms with Crippen LogP contribution in [0.5, 0.6) is 0 Å². The minimum atomic E-state index is -0.0385. The van der Waals surface area contributed by atoms with Gasteiger partial charge in [-0.3, -0.25) is 9.36 Å². The molecule has 0 bridgehead atoms. The number of benzene rings is 2. The molecule has 25 heavy (non-hydrogen) atoms. The smallest absolute Gasteiger partial charge is 0.217 e. The third-order valence-corrected chi connectivity index (χ3v) is 4.26. The third kappa shape index (κ3) is 3.72. The lowest BCUT2D eigenvalue weighted by atomic mass is 10.1. The number of aromatic nitrogens is 2. The first-order valence-corrected chi connectivity index (χ1v) is 8.55. The fourth-order valence-corrected chi connectivity index (χ4v) is 3.07. The Hall–Kier alpha value is -2.66. The molecule has 5 heteroatoms. The number of fused-ring (bicyclic) bond motifs is 1. The van der Waals surface area contributed by atoms with Gasteiger partial charge < -0.3 is 10.4 Å². The molecule has 1 heterocycles. The number of para-hydroxylation sites is 2. The lowest BCUT2D eigenvalue weighted by Crippen LogP contribution is -2.23. The van der Waals surface area contributed by atoms with E-state index in [2.05, 4.69) is 16.0 Å². The van der Waals surface area contributed by atoms with Crippen LogP contribution in [0.3, 0.4) is 0 Å². The summed E-state index contributed by atoms with van der Waals surface area (Å²) in [5.74, 6) is 0.904.